The summed E-state index contributed by atoms with van der Waals surface area (Å²) in [5, 5.41) is 2.48. The van der Waals surface area contributed by atoms with Crippen molar-refractivity contribution >= 4 is 38.9 Å². The highest BCUT2D eigenvalue weighted by molar-refractivity contribution is 6.19. The van der Waals surface area contributed by atoms with Crippen molar-refractivity contribution in [1.82, 2.24) is 4.57 Å². The van der Waals surface area contributed by atoms with Gasteiger partial charge in [0.25, 0.3) is 0 Å². The molecule has 0 spiro atoms. The first kappa shape index (κ1) is 28.4. The third-order valence-corrected chi connectivity index (χ3v) is 10.1. The van der Waals surface area contributed by atoms with Crippen LogP contribution in [0, 0.1) is 0 Å². The number of hydrogen-bond donors (Lipinski definition) is 0. The monoisotopic (exact) mass is 636 g/mol. The van der Waals surface area contributed by atoms with E-state index < -0.39 is 0 Å². The van der Waals surface area contributed by atoms with Crippen molar-refractivity contribution in [2.75, 3.05) is 4.90 Å². The van der Waals surface area contributed by atoms with Gasteiger partial charge in [-0.15, -0.1) is 0 Å². The molecule has 0 bridgehead atoms. The molecule has 2 heterocycles. The van der Waals surface area contributed by atoms with E-state index in [2.05, 4.69) is 204 Å². The maximum absolute atomic E-state index is 2.49. The highest BCUT2D eigenvalue weighted by Gasteiger charge is 2.29. The average Bonchev–Trinajstić information content (AvgIpc) is 3.47. The standard InChI is InChI=1S/C48H32N2/c1-3-15-33(16-4-1)35-19-13-21-37(31-35)49-44-27-11-9-24-40(44)39-23-7-8-26-42(39)47-46(49)30-29-43-41-25-10-12-28-45(41)50(48(43)47)38-22-14-20-36(32-38)34-17-5-2-6-18-34/h1-32H. The van der Waals surface area contributed by atoms with Gasteiger partial charge in [-0.25, -0.2) is 0 Å². The van der Waals surface area contributed by atoms with E-state index >= 15 is 0 Å². The Bertz CT molecular complexity index is 2700. The summed E-state index contributed by atoms with van der Waals surface area (Å²) in [5.74, 6) is 0. The molecule has 0 saturated heterocycles. The van der Waals surface area contributed by atoms with E-state index in [0.29, 0.717) is 0 Å². The number of nitrogens with zero attached hydrogens (tertiary/aromatic N) is 2. The van der Waals surface area contributed by atoms with E-state index in [0.717, 1.165) is 22.7 Å². The molecule has 2 heteroatoms. The number of para-hydroxylation sites is 2. The van der Waals surface area contributed by atoms with Crippen LogP contribution in [0.3, 0.4) is 0 Å². The van der Waals surface area contributed by atoms with Crippen molar-refractivity contribution in [3.63, 3.8) is 0 Å². The van der Waals surface area contributed by atoms with Crippen LogP contribution in [0.5, 0.6) is 0 Å². The first-order chi connectivity index (χ1) is 24.8. The molecule has 1 aliphatic rings. The molecule has 0 fully saturated rings. The van der Waals surface area contributed by atoms with E-state index in [4.69, 9.17) is 0 Å². The highest BCUT2D eigenvalue weighted by Crippen LogP contribution is 2.54. The van der Waals surface area contributed by atoms with Gasteiger partial charge in [0.2, 0.25) is 0 Å². The number of aromatic nitrogens is 1. The Kier molecular flexibility index (Phi) is 6.53. The summed E-state index contributed by atoms with van der Waals surface area (Å²) in [6, 6.07) is 70.5. The summed E-state index contributed by atoms with van der Waals surface area (Å²) in [7, 11) is 0. The van der Waals surface area contributed by atoms with Gasteiger partial charge < -0.3 is 9.47 Å². The summed E-state index contributed by atoms with van der Waals surface area (Å²) < 4.78 is 2.49. The second kappa shape index (κ2) is 11.5. The molecule has 0 aliphatic carbocycles. The van der Waals surface area contributed by atoms with Crippen molar-refractivity contribution in [2.45, 2.75) is 0 Å². The molecule has 50 heavy (non-hydrogen) atoms. The zero-order valence-electron chi connectivity index (χ0n) is 27.4. The maximum atomic E-state index is 2.49. The van der Waals surface area contributed by atoms with Gasteiger partial charge in [0.05, 0.1) is 22.4 Å². The van der Waals surface area contributed by atoms with E-state index in [1.54, 1.807) is 0 Å². The van der Waals surface area contributed by atoms with Crippen LogP contribution >= 0.6 is 0 Å². The molecule has 0 unspecified atom stereocenters. The molecule has 0 amide bonds. The summed E-state index contributed by atoms with van der Waals surface area (Å²) in [6.45, 7) is 0. The van der Waals surface area contributed by atoms with Gasteiger partial charge >= 0.3 is 0 Å². The summed E-state index contributed by atoms with van der Waals surface area (Å²) in [6.07, 6.45) is 0. The van der Waals surface area contributed by atoms with Crippen molar-refractivity contribution in [3.05, 3.63) is 194 Å². The van der Waals surface area contributed by atoms with Crippen molar-refractivity contribution in [2.24, 2.45) is 0 Å². The Balaban J connectivity index is 1.33. The van der Waals surface area contributed by atoms with Crippen LogP contribution in [0.4, 0.5) is 17.1 Å². The fraction of sp³-hybridized carbons (Fsp3) is 0. The van der Waals surface area contributed by atoms with Crippen LogP contribution in [-0.4, -0.2) is 4.57 Å². The lowest BCUT2D eigenvalue weighted by Gasteiger charge is -2.28. The van der Waals surface area contributed by atoms with Crippen molar-refractivity contribution in [1.29, 1.82) is 0 Å². The fourth-order valence-corrected chi connectivity index (χ4v) is 7.92. The molecule has 9 aromatic rings. The quantitative estimate of drug-likeness (QED) is 0.187. The van der Waals surface area contributed by atoms with Crippen LogP contribution < -0.4 is 4.90 Å². The second-order valence-electron chi connectivity index (χ2n) is 12.9. The topological polar surface area (TPSA) is 8.17 Å². The Morgan fingerprint density at radius 1 is 0.320 bits per heavy atom. The normalized spacial score (nSPS) is 12.0. The van der Waals surface area contributed by atoms with Crippen LogP contribution in [0.25, 0.3) is 72.0 Å². The van der Waals surface area contributed by atoms with Crippen LogP contribution in [0.1, 0.15) is 0 Å². The molecule has 0 atom stereocenters. The zero-order valence-corrected chi connectivity index (χ0v) is 27.4. The minimum atomic E-state index is 1.13. The van der Waals surface area contributed by atoms with E-state index in [1.807, 2.05) is 0 Å². The van der Waals surface area contributed by atoms with Gasteiger partial charge in [0.1, 0.15) is 0 Å². The molecule has 0 N–H and O–H groups in total. The first-order valence-electron chi connectivity index (χ1n) is 17.2. The van der Waals surface area contributed by atoms with Crippen LogP contribution in [-0.2, 0) is 0 Å². The number of anilines is 3. The number of benzene rings is 8. The van der Waals surface area contributed by atoms with Gasteiger partial charge in [-0.3, -0.25) is 0 Å². The molecule has 0 saturated carbocycles. The zero-order chi connectivity index (χ0) is 33.0. The molecular weight excluding hydrogens is 605 g/mol. The van der Waals surface area contributed by atoms with Gasteiger partial charge in [-0.2, -0.15) is 0 Å². The first-order valence-corrected chi connectivity index (χ1v) is 17.2. The fourth-order valence-electron chi connectivity index (χ4n) is 7.92. The van der Waals surface area contributed by atoms with Crippen LogP contribution in [0.2, 0.25) is 0 Å². The summed E-state index contributed by atoms with van der Waals surface area (Å²) in [5.41, 5.74) is 16.7. The van der Waals surface area contributed by atoms with Gasteiger partial charge in [-0.1, -0.05) is 152 Å². The van der Waals surface area contributed by atoms with Gasteiger partial charge in [0, 0.05) is 33.3 Å². The van der Waals surface area contributed by atoms with Crippen molar-refractivity contribution in [3.8, 4) is 50.2 Å². The molecule has 0 radical (unpaired) electrons. The average molecular weight is 637 g/mol. The van der Waals surface area contributed by atoms with E-state index in [9.17, 15) is 0 Å². The van der Waals surface area contributed by atoms with Gasteiger partial charge in [0.15, 0.2) is 0 Å². The Labute approximate surface area is 291 Å². The van der Waals surface area contributed by atoms with E-state index in [1.165, 1.54) is 66.3 Å². The Morgan fingerprint density at radius 3 is 1.62 bits per heavy atom. The molecular formula is C48H32N2. The SMILES string of the molecule is c1ccc(-c2cccc(N3c4ccccc4-c4ccccc4-c4c3ccc3c5ccccc5n(-c5cccc(-c6ccccc6)c5)c43)c2)cc1. The Morgan fingerprint density at radius 2 is 0.880 bits per heavy atom. The predicted molar refractivity (Wildman–Crippen MR) is 211 cm³/mol. The molecule has 8 aromatic carbocycles. The Hall–Kier alpha value is -6.64. The summed E-state index contributed by atoms with van der Waals surface area (Å²) >= 11 is 0. The molecule has 10 rings (SSSR count). The largest absolute Gasteiger partial charge is 0.309 e. The lowest BCUT2D eigenvalue weighted by atomic mass is 9.93. The molecule has 1 aromatic heterocycles. The molecule has 234 valence electrons. The number of rotatable bonds is 4. The predicted octanol–water partition coefficient (Wildman–Crippen LogP) is 13.2. The minimum Gasteiger partial charge on any atom is -0.309 e. The minimum absolute atomic E-state index is 1.13. The molecule has 2 nitrogen and oxygen atoms in total. The van der Waals surface area contributed by atoms with Crippen molar-refractivity contribution < 1.29 is 0 Å². The third-order valence-electron chi connectivity index (χ3n) is 10.1. The lowest BCUT2D eigenvalue weighted by Crippen LogP contribution is -2.11. The van der Waals surface area contributed by atoms with E-state index in [-0.39, 0.29) is 0 Å². The third kappa shape index (κ3) is 4.43. The summed E-state index contributed by atoms with van der Waals surface area (Å²) in [4.78, 5) is 2.47. The van der Waals surface area contributed by atoms with Crippen LogP contribution in [0.15, 0.2) is 194 Å². The number of fused-ring (bicyclic) bond motifs is 9. The maximum Gasteiger partial charge on any atom is 0.0640 e. The van der Waals surface area contributed by atoms with Gasteiger partial charge in [-0.05, 0) is 75.8 Å². The molecule has 1 aliphatic heterocycles. The lowest BCUT2D eigenvalue weighted by molar-refractivity contribution is 1.18. The number of hydrogen-bond acceptors (Lipinski definition) is 1. The smallest absolute Gasteiger partial charge is 0.0640 e. The highest BCUT2D eigenvalue weighted by atomic mass is 15.2. The second-order valence-corrected chi connectivity index (χ2v) is 12.9.